The van der Waals surface area contributed by atoms with Crippen molar-refractivity contribution >= 4 is 27.5 Å². The molecule has 2 rings (SSSR count). The van der Waals surface area contributed by atoms with E-state index in [0.717, 1.165) is 28.8 Å². The lowest BCUT2D eigenvalue weighted by Crippen LogP contribution is -2.39. The van der Waals surface area contributed by atoms with Crippen LogP contribution in [0.5, 0.6) is 5.75 Å². The Morgan fingerprint density at radius 3 is 2.80 bits per heavy atom. The van der Waals surface area contributed by atoms with Crippen molar-refractivity contribution in [1.29, 1.82) is 0 Å². The minimum atomic E-state index is 0.0407. The predicted octanol–water partition coefficient (Wildman–Crippen LogP) is 3.32. The quantitative estimate of drug-likeness (QED) is 0.864. The van der Waals surface area contributed by atoms with E-state index in [0.29, 0.717) is 6.04 Å². The van der Waals surface area contributed by atoms with Gasteiger partial charge in [0.1, 0.15) is 5.75 Å². The Morgan fingerprint density at radius 1 is 1.35 bits per heavy atom. The van der Waals surface area contributed by atoms with Gasteiger partial charge in [-0.15, -0.1) is 0 Å². The van der Waals surface area contributed by atoms with Crippen molar-refractivity contribution in [3.8, 4) is 5.75 Å². The van der Waals surface area contributed by atoms with Crippen LogP contribution >= 0.6 is 15.9 Å². The Kier molecular flexibility index (Phi) is 5.71. The lowest BCUT2D eigenvalue weighted by atomic mass is 9.95. The van der Waals surface area contributed by atoms with E-state index in [4.69, 9.17) is 4.74 Å². The van der Waals surface area contributed by atoms with E-state index < -0.39 is 0 Å². The molecule has 0 saturated heterocycles. The predicted molar refractivity (Wildman–Crippen MR) is 84.2 cm³/mol. The highest BCUT2D eigenvalue weighted by Crippen LogP contribution is 2.27. The third-order valence-electron chi connectivity index (χ3n) is 3.57. The molecule has 0 aromatic heterocycles. The molecule has 1 aliphatic carbocycles. The van der Waals surface area contributed by atoms with Gasteiger partial charge in [-0.25, -0.2) is 0 Å². The number of hydrogen-bond acceptors (Lipinski definition) is 3. The van der Waals surface area contributed by atoms with E-state index in [-0.39, 0.29) is 12.5 Å². The number of carbonyl (C=O) groups excluding carboxylic acids is 1. The summed E-state index contributed by atoms with van der Waals surface area (Å²) in [5.74, 6) is 0.776. The van der Waals surface area contributed by atoms with Crippen molar-refractivity contribution in [2.45, 2.75) is 38.1 Å². The molecule has 1 fully saturated rings. The summed E-state index contributed by atoms with van der Waals surface area (Å²) in [5, 5.41) is 6.21. The van der Waals surface area contributed by atoms with Gasteiger partial charge in [-0.3, -0.25) is 4.79 Å². The lowest BCUT2D eigenvalue weighted by Gasteiger charge is -2.23. The maximum absolute atomic E-state index is 11.9. The molecule has 0 radical (unpaired) electrons. The number of ether oxygens (including phenoxy) is 1. The first kappa shape index (κ1) is 15.2. The van der Waals surface area contributed by atoms with E-state index in [2.05, 4.69) is 26.6 Å². The molecule has 1 saturated carbocycles. The van der Waals surface area contributed by atoms with Crippen molar-refractivity contribution in [2.24, 2.45) is 0 Å². The van der Waals surface area contributed by atoms with Gasteiger partial charge in [-0.2, -0.15) is 0 Å². The second-order valence-corrected chi connectivity index (χ2v) is 6.02. The van der Waals surface area contributed by atoms with Gasteiger partial charge in [-0.05, 0) is 31.0 Å². The number of hydrogen-bond donors (Lipinski definition) is 2. The Balaban J connectivity index is 1.84. The van der Waals surface area contributed by atoms with Crippen molar-refractivity contribution in [3.05, 3.63) is 22.7 Å². The smallest absolute Gasteiger partial charge is 0.239 e. The molecule has 0 spiro atoms. The van der Waals surface area contributed by atoms with Crippen LogP contribution in [0.2, 0.25) is 0 Å². The minimum absolute atomic E-state index is 0.0407. The highest BCUT2D eigenvalue weighted by Gasteiger charge is 2.15. The average Bonchev–Trinajstić information content (AvgIpc) is 2.46. The zero-order chi connectivity index (χ0) is 14.4. The SMILES string of the molecule is COc1ccc(Br)cc1NCC(=O)NC1CCCCC1. The van der Waals surface area contributed by atoms with Gasteiger partial charge in [0.25, 0.3) is 0 Å². The average molecular weight is 341 g/mol. The maximum Gasteiger partial charge on any atom is 0.239 e. The second-order valence-electron chi connectivity index (χ2n) is 5.10. The number of halogens is 1. The van der Waals surface area contributed by atoms with E-state index in [1.54, 1.807) is 7.11 Å². The molecule has 0 bridgehead atoms. The highest BCUT2D eigenvalue weighted by atomic mass is 79.9. The van der Waals surface area contributed by atoms with Crippen molar-refractivity contribution in [3.63, 3.8) is 0 Å². The lowest BCUT2D eigenvalue weighted by molar-refractivity contribution is -0.120. The fourth-order valence-electron chi connectivity index (χ4n) is 2.52. The molecule has 0 unspecified atom stereocenters. The first-order valence-corrected chi connectivity index (χ1v) is 7.85. The van der Waals surface area contributed by atoms with Crippen molar-refractivity contribution in [2.75, 3.05) is 19.0 Å². The number of methoxy groups -OCH3 is 1. The molecule has 1 amide bonds. The fourth-order valence-corrected chi connectivity index (χ4v) is 2.88. The van der Waals surface area contributed by atoms with Crippen LogP contribution in [0.15, 0.2) is 22.7 Å². The second kappa shape index (κ2) is 7.53. The molecular weight excluding hydrogens is 320 g/mol. The summed E-state index contributed by atoms with van der Waals surface area (Å²) in [6.07, 6.45) is 5.94. The van der Waals surface area contributed by atoms with Crippen LogP contribution in [-0.2, 0) is 4.79 Å². The van der Waals surface area contributed by atoms with Crippen LogP contribution in [0.4, 0.5) is 5.69 Å². The van der Waals surface area contributed by atoms with Crippen LogP contribution in [0.1, 0.15) is 32.1 Å². The van der Waals surface area contributed by atoms with Gasteiger partial charge < -0.3 is 15.4 Å². The Bertz CT molecular complexity index is 459. The number of benzene rings is 1. The van der Waals surface area contributed by atoms with Crippen molar-refractivity contribution in [1.82, 2.24) is 5.32 Å². The van der Waals surface area contributed by atoms with E-state index in [1.165, 1.54) is 19.3 Å². The maximum atomic E-state index is 11.9. The molecule has 0 atom stereocenters. The zero-order valence-electron chi connectivity index (χ0n) is 11.7. The number of nitrogens with one attached hydrogen (secondary N) is 2. The van der Waals surface area contributed by atoms with Gasteiger partial charge >= 0.3 is 0 Å². The normalized spacial score (nSPS) is 15.7. The topological polar surface area (TPSA) is 50.4 Å². The number of amides is 1. The molecule has 0 aliphatic heterocycles. The van der Waals surface area contributed by atoms with E-state index >= 15 is 0 Å². The van der Waals surface area contributed by atoms with Crippen LogP contribution in [0.25, 0.3) is 0 Å². The van der Waals surface area contributed by atoms with Gasteiger partial charge in [0.2, 0.25) is 5.91 Å². The molecule has 2 N–H and O–H groups in total. The monoisotopic (exact) mass is 340 g/mol. The molecule has 1 aromatic rings. The van der Waals surface area contributed by atoms with Gasteiger partial charge in [-0.1, -0.05) is 35.2 Å². The number of anilines is 1. The molecule has 4 nitrogen and oxygen atoms in total. The molecule has 0 heterocycles. The van der Waals surface area contributed by atoms with Gasteiger partial charge in [0.05, 0.1) is 19.3 Å². The molecule has 110 valence electrons. The zero-order valence-corrected chi connectivity index (χ0v) is 13.3. The summed E-state index contributed by atoms with van der Waals surface area (Å²) < 4.78 is 6.22. The Labute approximate surface area is 128 Å². The van der Waals surface area contributed by atoms with E-state index in [1.807, 2.05) is 18.2 Å². The summed E-state index contributed by atoms with van der Waals surface area (Å²) in [7, 11) is 1.62. The summed E-state index contributed by atoms with van der Waals surface area (Å²) in [6, 6.07) is 6.03. The fraction of sp³-hybridized carbons (Fsp3) is 0.533. The van der Waals surface area contributed by atoms with Crippen LogP contribution in [0, 0.1) is 0 Å². The largest absolute Gasteiger partial charge is 0.495 e. The summed E-state index contributed by atoms with van der Waals surface area (Å²) in [5.41, 5.74) is 0.820. The highest BCUT2D eigenvalue weighted by molar-refractivity contribution is 9.10. The van der Waals surface area contributed by atoms with Gasteiger partial charge in [0.15, 0.2) is 0 Å². The Hall–Kier alpha value is -1.23. The summed E-state index contributed by atoms with van der Waals surface area (Å²) in [4.78, 5) is 11.9. The first-order chi connectivity index (χ1) is 9.69. The van der Waals surface area contributed by atoms with E-state index in [9.17, 15) is 4.79 Å². The summed E-state index contributed by atoms with van der Waals surface area (Å²) >= 11 is 3.42. The number of rotatable bonds is 5. The summed E-state index contributed by atoms with van der Waals surface area (Å²) in [6.45, 7) is 0.267. The van der Waals surface area contributed by atoms with Gasteiger partial charge in [0, 0.05) is 10.5 Å². The molecule has 5 heteroatoms. The minimum Gasteiger partial charge on any atom is -0.495 e. The third kappa shape index (κ3) is 4.40. The molecule has 20 heavy (non-hydrogen) atoms. The molecule has 1 aromatic carbocycles. The molecular formula is C15H21BrN2O2. The van der Waals surface area contributed by atoms with Crippen molar-refractivity contribution < 1.29 is 9.53 Å². The number of carbonyl (C=O) groups is 1. The standard InChI is InChI=1S/C15H21BrN2O2/c1-20-14-8-7-11(16)9-13(14)17-10-15(19)18-12-5-3-2-4-6-12/h7-9,12,17H,2-6,10H2,1H3,(H,18,19). The Morgan fingerprint density at radius 2 is 2.10 bits per heavy atom. The molecule has 1 aliphatic rings. The first-order valence-electron chi connectivity index (χ1n) is 7.06. The van der Waals surface area contributed by atoms with Crippen LogP contribution < -0.4 is 15.4 Å². The van der Waals surface area contributed by atoms with Crippen LogP contribution in [-0.4, -0.2) is 25.6 Å². The van der Waals surface area contributed by atoms with Crippen LogP contribution in [0.3, 0.4) is 0 Å². The third-order valence-corrected chi connectivity index (χ3v) is 4.06.